The van der Waals surface area contributed by atoms with Gasteiger partial charge in [-0.3, -0.25) is 4.79 Å². The maximum atomic E-state index is 12.7. The molecule has 2 aliphatic rings. The minimum atomic E-state index is -0.158. The average Bonchev–Trinajstić information content (AvgIpc) is 3.14. The first kappa shape index (κ1) is 19.1. The van der Waals surface area contributed by atoms with Crippen molar-refractivity contribution in [3.8, 4) is 5.75 Å². The van der Waals surface area contributed by atoms with Gasteiger partial charge in [-0.15, -0.1) is 0 Å². The second-order valence-corrected chi connectivity index (χ2v) is 7.36. The molecule has 29 heavy (non-hydrogen) atoms. The zero-order valence-electron chi connectivity index (χ0n) is 16.6. The van der Waals surface area contributed by atoms with Crippen LogP contribution in [-0.4, -0.2) is 62.7 Å². The van der Waals surface area contributed by atoms with Gasteiger partial charge in [0.05, 0.1) is 13.2 Å². The number of hydrogen-bond donors (Lipinski definition) is 1. The lowest BCUT2D eigenvalue weighted by atomic mass is 10.2. The number of urea groups is 1. The summed E-state index contributed by atoms with van der Waals surface area (Å²) in [6, 6.07) is 17.3. The van der Waals surface area contributed by atoms with E-state index in [2.05, 4.69) is 10.2 Å². The Hall–Kier alpha value is -3.22. The summed E-state index contributed by atoms with van der Waals surface area (Å²) < 4.78 is 5.20. The van der Waals surface area contributed by atoms with Gasteiger partial charge in [-0.25, -0.2) is 4.79 Å². The first-order valence-electron chi connectivity index (χ1n) is 9.94. The summed E-state index contributed by atoms with van der Waals surface area (Å²) in [7, 11) is 1.66. The zero-order valence-corrected chi connectivity index (χ0v) is 16.6. The number of nitrogens with zero attached hydrogens (tertiary/aromatic N) is 3. The number of amides is 3. The molecule has 0 aliphatic carbocycles. The number of rotatable bonds is 4. The van der Waals surface area contributed by atoms with E-state index in [0.717, 1.165) is 30.2 Å². The van der Waals surface area contributed by atoms with Gasteiger partial charge in [0.1, 0.15) is 5.75 Å². The van der Waals surface area contributed by atoms with Crippen LogP contribution in [0.1, 0.15) is 6.42 Å². The van der Waals surface area contributed by atoms with Crippen molar-refractivity contribution in [3.63, 3.8) is 0 Å². The SMILES string of the molecule is COc1ccc(N2CCN(C(=O)NC3CC(=O)N(c4ccccc4)C3)CC2)cc1. The molecule has 7 heteroatoms. The Labute approximate surface area is 170 Å². The number of carbonyl (C=O) groups excluding carboxylic acids is 2. The van der Waals surface area contributed by atoms with Crippen LogP contribution in [0.3, 0.4) is 0 Å². The van der Waals surface area contributed by atoms with Crippen LogP contribution in [0.25, 0.3) is 0 Å². The molecule has 152 valence electrons. The van der Waals surface area contributed by atoms with Crippen molar-refractivity contribution < 1.29 is 14.3 Å². The lowest BCUT2D eigenvalue weighted by Gasteiger charge is -2.36. The van der Waals surface area contributed by atoms with Gasteiger partial charge in [0, 0.05) is 50.5 Å². The largest absolute Gasteiger partial charge is 0.497 e. The van der Waals surface area contributed by atoms with E-state index in [-0.39, 0.29) is 18.0 Å². The van der Waals surface area contributed by atoms with Gasteiger partial charge in [0.15, 0.2) is 0 Å². The highest BCUT2D eigenvalue weighted by Crippen LogP contribution is 2.22. The number of piperazine rings is 1. The fourth-order valence-electron chi connectivity index (χ4n) is 3.89. The molecule has 2 fully saturated rings. The molecule has 2 aromatic rings. The Bertz CT molecular complexity index is 848. The van der Waals surface area contributed by atoms with Crippen molar-refractivity contribution in [3.05, 3.63) is 54.6 Å². The molecular formula is C22H26N4O3. The monoisotopic (exact) mass is 394 g/mol. The molecular weight excluding hydrogens is 368 g/mol. The van der Waals surface area contributed by atoms with Crippen molar-refractivity contribution in [1.29, 1.82) is 0 Å². The van der Waals surface area contributed by atoms with Crippen LogP contribution in [-0.2, 0) is 4.79 Å². The standard InChI is InChI=1S/C22H26N4O3/c1-29-20-9-7-18(8-10-20)24-11-13-25(14-12-24)22(28)23-17-15-21(27)26(16-17)19-5-3-2-4-6-19/h2-10,17H,11-16H2,1H3,(H,23,28). The lowest BCUT2D eigenvalue weighted by Crippen LogP contribution is -2.53. The van der Waals surface area contributed by atoms with E-state index in [0.29, 0.717) is 26.1 Å². The van der Waals surface area contributed by atoms with Crippen LogP contribution < -0.4 is 19.9 Å². The molecule has 2 aromatic carbocycles. The van der Waals surface area contributed by atoms with Crippen molar-refractivity contribution in [2.24, 2.45) is 0 Å². The van der Waals surface area contributed by atoms with E-state index in [9.17, 15) is 9.59 Å². The summed E-state index contributed by atoms with van der Waals surface area (Å²) in [4.78, 5) is 30.8. The van der Waals surface area contributed by atoms with E-state index in [4.69, 9.17) is 4.74 Å². The smallest absolute Gasteiger partial charge is 0.317 e. The first-order valence-corrected chi connectivity index (χ1v) is 9.94. The fourth-order valence-corrected chi connectivity index (χ4v) is 3.89. The van der Waals surface area contributed by atoms with Gasteiger partial charge in [0.2, 0.25) is 5.91 Å². The second kappa shape index (κ2) is 8.43. The molecule has 0 aromatic heterocycles. The Morgan fingerprint density at radius 3 is 2.31 bits per heavy atom. The third kappa shape index (κ3) is 4.29. The summed E-state index contributed by atoms with van der Waals surface area (Å²) in [6.45, 7) is 3.38. The molecule has 0 radical (unpaired) electrons. The zero-order chi connectivity index (χ0) is 20.2. The Balaban J connectivity index is 1.28. The van der Waals surface area contributed by atoms with Crippen LogP contribution in [0.2, 0.25) is 0 Å². The number of carbonyl (C=O) groups is 2. The van der Waals surface area contributed by atoms with Crippen molar-refractivity contribution in [2.75, 3.05) is 49.6 Å². The third-order valence-electron chi connectivity index (χ3n) is 5.52. The number of hydrogen-bond acceptors (Lipinski definition) is 4. The molecule has 0 saturated carbocycles. The van der Waals surface area contributed by atoms with E-state index < -0.39 is 0 Å². The van der Waals surface area contributed by atoms with Gasteiger partial charge >= 0.3 is 6.03 Å². The van der Waals surface area contributed by atoms with E-state index in [1.165, 1.54) is 0 Å². The van der Waals surface area contributed by atoms with Crippen LogP contribution in [0.5, 0.6) is 5.75 Å². The minimum Gasteiger partial charge on any atom is -0.497 e. The highest BCUT2D eigenvalue weighted by atomic mass is 16.5. The molecule has 2 saturated heterocycles. The van der Waals surface area contributed by atoms with Crippen molar-refractivity contribution in [2.45, 2.75) is 12.5 Å². The van der Waals surface area contributed by atoms with Crippen LogP contribution in [0.4, 0.5) is 16.2 Å². The van der Waals surface area contributed by atoms with Gasteiger partial charge in [-0.2, -0.15) is 0 Å². The molecule has 0 bridgehead atoms. The van der Waals surface area contributed by atoms with Gasteiger partial charge in [-0.1, -0.05) is 18.2 Å². The molecule has 7 nitrogen and oxygen atoms in total. The normalized spacial score (nSPS) is 19.4. The highest BCUT2D eigenvalue weighted by Gasteiger charge is 2.33. The summed E-state index contributed by atoms with van der Waals surface area (Å²) in [5.74, 6) is 0.883. The number of ether oxygens (including phenoxy) is 1. The van der Waals surface area contributed by atoms with Gasteiger partial charge < -0.3 is 24.8 Å². The van der Waals surface area contributed by atoms with E-state index in [1.807, 2.05) is 59.5 Å². The highest BCUT2D eigenvalue weighted by molar-refractivity contribution is 5.96. The number of anilines is 2. The summed E-state index contributed by atoms with van der Waals surface area (Å²) in [5, 5.41) is 3.04. The van der Waals surface area contributed by atoms with Crippen molar-refractivity contribution in [1.82, 2.24) is 10.2 Å². The number of nitrogens with one attached hydrogen (secondary N) is 1. The topological polar surface area (TPSA) is 65.1 Å². The number of benzene rings is 2. The molecule has 1 atom stereocenters. The first-order chi connectivity index (χ1) is 14.1. The van der Waals surface area contributed by atoms with Crippen LogP contribution in [0.15, 0.2) is 54.6 Å². The average molecular weight is 394 g/mol. The summed E-state index contributed by atoms with van der Waals surface area (Å²) in [6.07, 6.45) is 0.340. The van der Waals surface area contributed by atoms with E-state index >= 15 is 0 Å². The van der Waals surface area contributed by atoms with Gasteiger partial charge in [-0.05, 0) is 36.4 Å². The van der Waals surface area contributed by atoms with Crippen molar-refractivity contribution >= 4 is 23.3 Å². The Kier molecular flexibility index (Phi) is 5.55. The molecule has 3 amide bonds. The maximum absolute atomic E-state index is 12.7. The quantitative estimate of drug-likeness (QED) is 0.865. The lowest BCUT2D eigenvalue weighted by molar-refractivity contribution is -0.117. The predicted molar refractivity (Wildman–Crippen MR) is 113 cm³/mol. The molecule has 4 rings (SSSR count). The van der Waals surface area contributed by atoms with Gasteiger partial charge in [0.25, 0.3) is 0 Å². The molecule has 0 spiro atoms. The molecule has 1 N–H and O–H groups in total. The fraction of sp³-hybridized carbons (Fsp3) is 0.364. The number of para-hydroxylation sites is 1. The van der Waals surface area contributed by atoms with Crippen LogP contribution in [0, 0.1) is 0 Å². The number of methoxy groups -OCH3 is 1. The Morgan fingerprint density at radius 1 is 0.966 bits per heavy atom. The second-order valence-electron chi connectivity index (χ2n) is 7.36. The molecule has 2 aliphatic heterocycles. The predicted octanol–water partition coefficient (Wildman–Crippen LogP) is 2.33. The molecule has 2 heterocycles. The summed E-state index contributed by atoms with van der Waals surface area (Å²) in [5.41, 5.74) is 2.01. The minimum absolute atomic E-state index is 0.0471. The Morgan fingerprint density at radius 2 is 1.66 bits per heavy atom. The maximum Gasteiger partial charge on any atom is 0.317 e. The van der Waals surface area contributed by atoms with Crippen LogP contribution >= 0.6 is 0 Å². The van der Waals surface area contributed by atoms with E-state index in [1.54, 1.807) is 12.0 Å². The molecule has 1 unspecified atom stereocenters. The summed E-state index contributed by atoms with van der Waals surface area (Å²) >= 11 is 0. The third-order valence-corrected chi connectivity index (χ3v) is 5.52.